The summed E-state index contributed by atoms with van der Waals surface area (Å²) in [5.74, 6) is 0. The molecule has 1 heterocycles. The molecule has 1 aliphatic heterocycles. The van der Waals surface area contributed by atoms with Crippen LogP contribution in [-0.2, 0) is 0 Å². The van der Waals surface area contributed by atoms with E-state index in [1.807, 2.05) is 0 Å². The average Bonchev–Trinajstić information content (AvgIpc) is 2.68. The quantitative estimate of drug-likeness (QED) is 0.243. The summed E-state index contributed by atoms with van der Waals surface area (Å²) in [6, 6.07) is 8.62. The van der Waals surface area contributed by atoms with Crippen LogP contribution in [0.3, 0.4) is 0 Å². The van der Waals surface area contributed by atoms with Gasteiger partial charge in [0, 0.05) is 22.8 Å². The number of allylic oxidation sites excluding steroid dienone is 4. The molecule has 0 aliphatic carbocycles. The molecule has 0 N–H and O–H groups in total. The van der Waals surface area contributed by atoms with Gasteiger partial charge in [0.2, 0.25) is 0 Å². The van der Waals surface area contributed by atoms with Gasteiger partial charge in [0.15, 0.2) is 16.5 Å². The van der Waals surface area contributed by atoms with Gasteiger partial charge in [0.25, 0.3) is 0 Å². The minimum Gasteiger partial charge on any atom is -0.373 e. The van der Waals surface area contributed by atoms with E-state index in [0.717, 1.165) is 0 Å². The fraction of sp³-hybridized carbons (Fsp3) is 0.846. The molecule has 0 amide bonds. The number of nitrogens with zero attached hydrogens (tertiary/aromatic N) is 2. The Bertz CT molecular complexity index is 484. The van der Waals surface area contributed by atoms with Crippen molar-refractivity contribution in [3.8, 4) is 0 Å². The first kappa shape index (κ1) is 27.5. The van der Waals surface area contributed by atoms with Gasteiger partial charge in [0.1, 0.15) is 0 Å². The van der Waals surface area contributed by atoms with Crippen molar-refractivity contribution in [2.24, 2.45) is 0 Å². The normalized spacial score (nSPS) is 16.2. The van der Waals surface area contributed by atoms with Crippen LogP contribution in [0.1, 0.15) is 108 Å². The Morgan fingerprint density at radius 3 is 0.700 bits per heavy atom. The zero-order chi connectivity index (χ0) is 22.9. The highest BCUT2D eigenvalue weighted by Crippen LogP contribution is 2.45. The van der Waals surface area contributed by atoms with Gasteiger partial charge < -0.3 is 9.13 Å². The summed E-state index contributed by atoms with van der Waals surface area (Å²) in [7, 11) is -3.08. The Kier molecular flexibility index (Phi) is 11.5. The molecule has 4 heteroatoms. The third-order valence-corrected chi connectivity index (χ3v) is 19.5. The van der Waals surface area contributed by atoms with Crippen molar-refractivity contribution in [3.63, 3.8) is 0 Å². The first-order valence-electron chi connectivity index (χ1n) is 13.2. The highest BCUT2D eigenvalue weighted by Gasteiger charge is 2.46. The van der Waals surface area contributed by atoms with E-state index in [-0.39, 0.29) is 0 Å². The lowest BCUT2D eigenvalue weighted by Crippen LogP contribution is -2.58. The maximum Gasteiger partial charge on any atom is 0.161 e. The average molecular weight is 451 g/mol. The van der Waals surface area contributed by atoms with Crippen molar-refractivity contribution in [2.45, 2.75) is 144 Å². The van der Waals surface area contributed by atoms with E-state index in [1.54, 1.807) is 22.8 Å². The highest BCUT2D eigenvalue weighted by atomic mass is 28.3. The molecule has 1 aliphatic rings. The van der Waals surface area contributed by atoms with Crippen LogP contribution in [0.5, 0.6) is 0 Å². The Hall–Kier alpha value is -0.486. The number of hydrogen-bond donors (Lipinski definition) is 0. The van der Waals surface area contributed by atoms with Crippen molar-refractivity contribution in [1.29, 1.82) is 0 Å². The summed E-state index contributed by atoms with van der Waals surface area (Å²) in [6.07, 6.45) is 7.95. The molecule has 1 rings (SSSR count). The third kappa shape index (κ3) is 5.46. The van der Waals surface area contributed by atoms with E-state index in [0.29, 0.717) is 0 Å². The monoisotopic (exact) mass is 450 g/mol. The van der Waals surface area contributed by atoms with Gasteiger partial charge in [-0.25, -0.2) is 0 Å². The molecule has 0 unspecified atom stereocenters. The number of rotatable bonds is 14. The minimum atomic E-state index is -1.54. The largest absolute Gasteiger partial charge is 0.373 e. The first-order valence-corrected chi connectivity index (χ1v) is 18.3. The zero-order valence-corrected chi connectivity index (χ0v) is 24.4. The maximum atomic E-state index is 2.95. The van der Waals surface area contributed by atoms with Crippen LogP contribution in [0.4, 0.5) is 0 Å². The van der Waals surface area contributed by atoms with Crippen LogP contribution in [0.2, 0.25) is 36.3 Å². The maximum absolute atomic E-state index is 2.95. The summed E-state index contributed by atoms with van der Waals surface area (Å²) >= 11 is 0. The smallest absolute Gasteiger partial charge is 0.161 e. The van der Waals surface area contributed by atoms with E-state index in [2.05, 4.69) is 78.4 Å². The fourth-order valence-electron chi connectivity index (χ4n) is 6.79. The summed E-state index contributed by atoms with van der Waals surface area (Å²) in [5.41, 5.74) is 6.39. The van der Waals surface area contributed by atoms with Gasteiger partial charge in [-0.3, -0.25) is 0 Å². The molecule has 0 bridgehead atoms. The summed E-state index contributed by atoms with van der Waals surface area (Å²) in [6.45, 7) is 24.3. The number of hydrogen-bond acceptors (Lipinski definition) is 2. The van der Waals surface area contributed by atoms with E-state index in [1.165, 1.54) is 74.8 Å². The predicted octanol–water partition coefficient (Wildman–Crippen LogP) is 9.46. The Morgan fingerprint density at radius 2 is 0.567 bits per heavy atom. The summed E-state index contributed by atoms with van der Waals surface area (Å²) < 4.78 is 5.90. The van der Waals surface area contributed by atoms with Gasteiger partial charge in [-0.15, -0.1) is 0 Å². The van der Waals surface area contributed by atoms with Crippen molar-refractivity contribution in [1.82, 2.24) is 9.13 Å². The van der Waals surface area contributed by atoms with Gasteiger partial charge in [-0.05, 0) is 64.0 Å². The first-order chi connectivity index (χ1) is 14.3. The summed E-state index contributed by atoms with van der Waals surface area (Å²) in [4.78, 5) is 0. The van der Waals surface area contributed by atoms with Crippen LogP contribution >= 0.6 is 0 Å². The molecule has 0 saturated heterocycles. The topological polar surface area (TPSA) is 6.48 Å². The lowest BCUT2D eigenvalue weighted by molar-refractivity contribution is 0.465. The summed E-state index contributed by atoms with van der Waals surface area (Å²) in [5, 5.41) is 0. The molecule has 0 aromatic rings. The van der Waals surface area contributed by atoms with Crippen molar-refractivity contribution < 1.29 is 0 Å². The third-order valence-electron chi connectivity index (χ3n) is 7.63. The van der Waals surface area contributed by atoms with Crippen LogP contribution < -0.4 is 0 Å². The zero-order valence-electron chi connectivity index (χ0n) is 22.4. The standard InChI is InChI=1S/C26H54N2Si2/c1-11-17-29(18-12-2,19-13-3)27-23(7)25(9)28(26(10)24(27)8)30(20-14-4,21-15-5)22-16-6/h11-22H2,1-10H3. The highest BCUT2D eigenvalue weighted by molar-refractivity contribution is 6.79. The molecule has 0 radical (unpaired) electrons. The van der Waals surface area contributed by atoms with Gasteiger partial charge in [-0.1, -0.05) is 80.1 Å². The molecule has 2 nitrogen and oxygen atoms in total. The van der Waals surface area contributed by atoms with Crippen LogP contribution in [0.15, 0.2) is 22.8 Å². The molecular formula is C26H54N2Si2. The van der Waals surface area contributed by atoms with E-state index >= 15 is 0 Å². The van der Waals surface area contributed by atoms with Crippen molar-refractivity contribution in [3.05, 3.63) is 22.8 Å². The molecule has 0 atom stereocenters. The fourth-order valence-corrected chi connectivity index (χ4v) is 18.7. The van der Waals surface area contributed by atoms with Gasteiger partial charge >= 0.3 is 0 Å². The SMILES string of the molecule is CCC[Si](CCC)(CCC)N1C(C)=C(C)N([Si](CCC)(CCC)CCC)C(C)=C1C. The molecule has 0 aromatic carbocycles. The van der Waals surface area contributed by atoms with Crippen molar-refractivity contribution >= 4 is 16.5 Å². The second-order valence-electron chi connectivity index (χ2n) is 9.96. The minimum absolute atomic E-state index is 1.32. The van der Waals surface area contributed by atoms with Gasteiger partial charge in [0.05, 0.1) is 0 Å². The van der Waals surface area contributed by atoms with E-state index in [4.69, 9.17) is 0 Å². The Labute approximate surface area is 192 Å². The van der Waals surface area contributed by atoms with Crippen LogP contribution in [-0.4, -0.2) is 25.6 Å². The molecular weight excluding hydrogens is 396 g/mol. The molecule has 30 heavy (non-hydrogen) atoms. The molecule has 176 valence electrons. The molecule has 0 fully saturated rings. The van der Waals surface area contributed by atoms with Crippen LogP contribution in [0.25, 0.3) is 0 Å². The van der Waals surface area contributed by atoms with Crippen molar-refractivity contribution in [2.75, 3.05) is 0 Å². The van der Waals surface area contributed by atoms with E-state index in [9.17, 15) is 0 Å². The lowest BCUT2D eigenvalue weighted by Gasteiger charge is -2.55. The van der Waals surface area contributed by atoms with Gasteiger partial charge in [-0.2, -0.15) is 0 Å². The lowest BCUT2D eigenvalue weighted by atomic mass is 10.2. The molecule has 0 spiro atoms. The Balaban J connectivity index is 3.67. The predicted molar refractivity (Wildman–Crippen MR) is 143 cm³/mol. The second kappa shape index (κ2) is 12.5. The second-order valence-corrected chi connectivity index (χ2v) is 18.8. The Morgan fingerprint density at radius 1 is 0.400 bits per heavy atom. The van der Waals surface area contributed by atoms with E-state index < -0.39 is 16.5 Å². The van der Waals surface area contributed by atoms with Crippen LogP contribution in [0, 0.1) is 0 Å². The molecule has 0 aromatic heterocycles. The molecule has 0 saturated carbocycles.